The number of nitrogens with zero attached hydrogens (tertiary/aromatic N) is 2. The van der Waals surface area contributed by atoms with E-state index >= 15 is 0 Å². The standard InChI is InChI=1S/C7H6BrN3O/c8-4-1-6(12)7-5(9)2-10-11(7)3-4/h1-3,12H,9H2. The number of rotatable bonds is 0. The van der Waals surface area contributed by atoms with Crippen LogP contribution in [-0.4, -0.2) is 14.7 Å². The Hall–Kier alpha value is -1.23. The molecule has 0 saturated heterocycles. The molecule has 0 amide bonds. The molecule has 2 aromatic heterocycles. The summed E-state index contributed by atoms with van der Waals surface area (Å²) in [7, 11) is 0. The summed E-state index contributed by atoms with van der Waals surface area (Å²) in [6.45, 7) is 0. The Morgan fingerprint density at radius 3 is 3.08 bits per heavy atom. The Kier molecular flexibility index (Phi) is 1.47. The minimum absolute atomic E-state index is 0.124. The zero-order valence-corrected chi connectivity index (χ0v) is 7.62. The van der Waals surface area contributed by atoms with Gasteiger partial charge < -0.3 is 10.8 Å². The molecule has 0 spiro atoms. The summed E-state index contributed by atoms with van der Waals surface area (Å²) in [5.74, 6) is 0.124. The lowest BCUT2D eigenvalue weighted by Crippen LogP contribution is -1.88. The molecule has 0 aliphatic heterocycles. The van der Waals surface area contributed by atoms with Crippen LogP contribution in [0, 0.1) is 0 Å². The SMILES string of the molecule is Nc1cnn2cc(Br)cc(O)c12. The first-order valence-corrected chi connectivity index (χ1v) is 4.09. The second-order valence-electron chi connectivity index (χ2n) is 2.44. The number of nitrogens with two attached hydrogens (primary N) is 1. The van der Waals surface area contributed by atoms with E-state index in [-0.39, 0.29) is 5.75 Å². The van der Waals surface area contributed by atoms with Crippen LogP contribution in [0.1, 0.15) is 0 Å². The third-order valence-corrected chi connectivity index (χ3v) is 2.02. The molecule has 2 heterocycles. The number of nitrogen functional groups attached to an aromatic ring is 1. The number of anilines is 1. The quantitative estimate of drug-likeness (QED) is 0.715. The van der Waals surface area contributed by atoms with Crippen molar-refractivity contribution in [2.75, 3.05) is 5.73 Å². The molecule has 0 fully saturated rings. The van der Waals surface area contributed by atoms with Crippen LogP contribution in [0.5, 0.6) is 5.75 Å². The summed E-state index contributed by atoms with van der Waals surface area (Å²) in [6, 6.07) is 1.58. The Bertz CT molecular complexity index is 437. The first-order valence-electron chi connectivity index (χ1n) is 3.30. The highest BCUT2D eigenvalue weighted by Gasteiger charge is 2.06. The predicted octanol–water partition coefficient (Wildman–Crippen LogP) is 1.38. The van der Waals surface area contributed by atoms with Crippen LogP contribution in [0.4, 0.5) is 5.69 Å². The summed E-state index contributed by atoms with van der Waals surface area (Å²) in [5.41, 5.74) is 6.58. The van der Waals surface area contributed by atoms with Crippen LogP contribution in [0.25, 0.3) is 5.52 Å². The fourth-order valence-corrected chi connectivity index (χ4v) is 1.50. The topological polar surface area (TPSA) is 63.5 Å². The zero-order valence-electron chi connectivity index (χ0n) is 6.03. The van der Waals surface area contributed by atoms with Gasteiger partial charge in [0, 0.05) is 10.7 Å². The lowest BCUT2D eigenvalue weighted by molar-refractivity contribution is 0.478. The molecular weight excluding hydrogens is 222 g/mol. The van der Waals surface area contributed by atoms with E-state index in [0.717, 1.165) is 4.47 Å². The van der Waals surface area contributed by atoms with Crippen molar-refractivity contribution >= 4 is 27.1 Å². The highest BCUT2D eigenvalue weighted by molar-refractivity contribution is 9.10. The normalized spacial score (nSPS) is 10.8. The first kappa shape index (κ1) is 7.42. The minimum Gasteiger partial charge on any atom is -0.506 e. The molecule has 0 atom stereocenters. The predicted molar refractivity (Wildman–Crippen MR) is 49.0 cm³/mol. The van der Waals surface area contributed by atoms with E-state index in [1.807, 2.05) is 0 Å². The second-order valence-corrected chi connectivity index (χ2v) is 3.35. The molecule has 0 saturated carbocycles. The van der Waals surface area contributed by atoms with Gasteiger partial charge in [-0.15, -0.1) is 0 Å². The van der Waals surface area contributed by atoms with Crippen LogP contribution in [0.2, 0.25) is 0 Å². The summed E-state index contributed by atoms with van der Waals surface area (Å²) in [4.78, 5) is 0. The van der Waals surface area contributed by atoms with Gasteiger partial charge in [-0.05, 0) is 22.0 Å². The van der Waals surface area contributed by atoms with Gasteiger partial charge in [0.05, 0.1) is 11.9 Å². The molecule has 62 valence electrons. The fourth-order valence-electron chi connectivity index (χ4n) is 1.09. The Labute approximate surface area is 76.7 Å². The van der Waals surface area contributed by atoms with Crippen LogP contribution in [0.15, 0.2) is 22.9 Å². The molecule has 0 aliphatic carbocycles. The molecule has 2 rings (SSSR count). The van der Waals surface area contributed by atoms with Crippen molar-refractivity contribution in [3.8, 4) is 5.75 Å². The Morgan fingerprint density at radius 2 is 2.33 bits per heavy atom. The number of aromatic hydroxyl groups is 1. The lowest BCUT2D eigenvalue weighted by atomic mass is 10.3. The van der Waals surface area contributed by atoms with E-state index in [4.69, 9.17) is 5.73 Å². The Balaban J connectivity index is 2.93. The molecule has 0 unspecified atom stereocenters. The van der Waals surface area contributed by atoms with Crippen LogP contribution >= 0.6 is 15.9 Å². The first-order chi connectivity index (χ1) is 5.68. The summed E-state index contributed by atoms with van der Waals surface area (Å²) < 4.78 is 2.28. The highest BCUT2D eigenvalue weighted by atomic mass is 79.9. The zero-order chi connectivity index (χ0) is 8.72. The van der Waals surface area contributed by atoms with Gasteiger partial charge in [-0.3, -0.25) is 0 Å². The molecule has 0 aliphatic rings. The van der Waals surface area contributed by atoms with E-state index in [1.54, 1.807) is 12.3 Å². The maximum absolute atomic E-state index is 9.45. The average molecular weight is 228 g/mol. The molecule has 4 nitrogen and oxygen atoms in total. The third kappa shape index (κ3) is 0.937. The van der Waals surface area contributed by atoms with Crippen LogP contribution < -0.4 is 5.73 Å². The number of hydrogen-bond donors (Lipinski definition) is 2. The highest BCUT2D eigenvalue weighted by Crippen LogP contribution is 2.26. The number of hydrogen-bond acceptors (Lipinski definition) is 3. The van der Waals surface area contributed by atoms with E-state index < -0.39 is 0 Å². The smallest absolute Gasteiger partial charge is 0.144 e. The van der Waals surface area contributed by atoms with Gasteiger partial charge in [-0.2, -0.15) is 5.10 Å². The largest absolute Gasteiger partial charge is 0.506 e. The van der Waals surface area contributed by atoms with E-state index in [2.05, 4.69) is 21.0 Å². The van der Waals surface area contributed by atoms with Crippen molar-refractivity contribution in [2.24, 2.45) is 0 Å². The van der Waals surface area contributed by atoms with Crippen molar-refractivity contribution < 1.29 is 5.11 Å². The van der Waals surface area contributed by atoms with E-state index in [0.29, 0.717) is 11.2 Å². The van der Waals surface area contributed by atoms with Crippen molar-refractivity contribution in [1.82, 2.24) is 9.61 Å². The number of halogens is 1. The van der Waals surface area contributed by atoms with Crippen LogP contribution in [0.3, 0.4) is 0 Å². The molecule has 5 heteroatoms. The number of pyridine rings is 1. The maximum atomic E-state index is 9.45. The third-order valence-electron chi connectivity index (χ3n) is 1.59. The van der Waals surface area contributed by atoms with Gasteiger partial charge in [0.1, 0.15) is 11.3 Å². The van der Waals surface area contributed by atoms with Gasteiger partial charge in [0.2, 0.25) is 0 Å². The van der Waals surface area contributed by atoms with Crippen molar-refractivity contribution in [2.45, 2.75) is 0 Å². The average Bonchev–Trinajstić information content (AvgIpc) is 2.31. The molecule has 12 heavy (non-hydrogen) atoms. The van der Waals surface area contributed by atoms with Crippen molar-refractivity contribution in [3.05, 3.63) is 22.9 Å². The molecule has 2 aromatic rings. The van der Waals surface area contributed by atoms with E-state index in [9.17, 15) is 5.11 Å². The van der Waals surface area contributed by atoms with Gasteiger partial charge in [0.25, 0.3) is 0 Å². The van der Waals surface area contributed by atoms with Gasteiger partial charge in [-0.25, -0.2) is 4.52 Å². The molecule has 0 bridgehead atoms. The number of aromatic nitrogens is 2. The Morgan fingerprint density at radius 1 is 1.58 bits per heavy atom. The minimum atomic E-state index is 0.124. The van der Waals surface area contributed by atoms with Crippen molar-refractivity contribution in [3.63, 3.8) is 0 Å². The molecule has 0 aromatic carbocycles. The molecule has 0 radical (unpaired) electrons. The summed E-state index contributed by atoms with van der Waals surface area (Å²) >= 11 is 3.23. The second kappa shape index (κ2) is 2.38. The van der Waals surface area contributed by atoms with Crippen LogP contribution in [-0.2, 0) is 0 Å². The van der Waals surface area contributed by atoms with E-state index in [1.165, 1.54) is 10.7 Å². The van der Waals surface area contributed by atoms with Gasteiger partial charge in [-0.1, -0.05) is 0 Å². The summed E-state index contributed by atoms with van der Waals surface area (Å²) in [5, 5.41) is 13.4. The van der Waals surface area contributed by atoms with Crippen molar-refractivity contribution in [1.29, 1.82) is 0 Å². The number of fused-ring (bicyclic) bond motifs is 1. The molecular formula is C7H6BrN3O. The maximum Gasteiger partial charge on any atom is 0.144 e. The summed E-state index contributed by atoms with van der Waals surface area (Å²) in [6.07, 6.45) is 3.23. The van der Waals surface area contributed by atoms with Gasteiger partial charge in [0.15, 0.2) is 0 Å². The molecule has 3 N–H and O–H groups in total. The monoisotopic (exact) mass is 227 g/mol. The van der Waals surface area contributed by atoms with Gasteiger partial charge >= 0.3 is 0 Å². The fraction of sp³-hybridized carbons (Fsp3) is 0. The lowest BCUT2D eigenvalue weighted by Gasteiger charge is -1.98.